The Kier molecular flexibility index (Phi) is 6.76. The number of pyridine rings is 1. The van der Waals surface area contributed by atoms with Gasteiger partial charge in [-0.2, -0.15) is 0 Å². The summed E-state index contributed by atoms with van der Waals surface area (Å²) in [6.07, 6.45) is 3.54. The highest BCUT2D eigenvalue weighted by molar-refractivity contribution is 6.39. The van der Waals surface area contributed by atoms with E-state index in [1.807, 2.05) is 36.5 Å². The Morgan fingerprint density at radius 3 is 2.49 bits per heavy atom. The van der Waals surface area contributed by atoms with E-state index in [0.29, 0.717) is 23.7 Å². The molecule has 0 saturated carbocycles. The molecule has 180 valence electrons. The predicted octanol–water partition coefficient (Wildman–Crippen LogP) is 2.43. The first-order chi connectivity index (χ1) is 17.2. The standard InChI is InChI=1S/C26H27N5O4/c32-25(26(33)29-20-8-9-23-24(15-20)35-18-34-23)28-17-22(19-5-4-10-27-16-19)31-13-11-30(12-14-31)21-6-2-1-3-7-21/h1-10,15-16,22H,11-14,17-18H2,(H,28,32)(H,29,33)/t22-/m1/s1. The number of benzene rings is 2. The van der Waals surface area contributed by atoms with Gasteiger partial charge in [-0.15, -0.1) is 0 Å². The minimum Gasteiger partial charge on any atom is -0.454 e. The summed E-state index contributed by atoms with van der Waals surface area (Å²) in [5.74, 6) is -0.282. The molecule has 3 aromatic rings. The fourth-order valence-corrected chi connectivity index (χ4v) is 4.39. The Morgan fingerprint density at radius 1 is 0.914 bits per heavy atom. The average molecular weight is 474 g/mol. The Hall–Kier alpha value is -4.11. The molecule has 35 heavy (non-hydrogen) atoms. The zero-order valence-electron chi connectivity index (χ0n) is 19.2. The number of hydrogen-bond acceptors (Lipinski definition) is 7. The van der Waals surface area contributed by atoms with Crippen molar-refractivity contribution in [3.05, 3.63) is 78.6 Å². The maximum Gasteiger partial charge on any atom is 0.313 e. The van der Waals surface area contributed by atoms with Gasteiger partial charge in [-0.25, -0.2) is 0 Å². The summed E-state index contributed by atoms with van der Waals surface area (Å²) < 4.78 is 10.6. The van der Waals surface area contributed by atoms with Crippen molar-refractivity contribution < 1.29 is 19.1 Å². The van der Waals surface area contributed by atoms with Crippen LogP contribution in [0.4, 0.5) is 11.4 Å². The number of aromatic nitrogens is 1. The number of nitrogens with zero attached hydrogens (tertiary/aromatic N) is 3. The molecule has 0 aliphatic carbocycles. The van der Waals surface area contributed by atoms with E-state index in [1.165, 1.54) is 5.69 Å². The second kappa shape index (κ2) is 10.4. The molecular formula is C26H27N5O4. The number of piperazine rings is 1. The highest BCUT2D eigenvalue weighted by atomic mass is 16.7. The largest absolute Gasteiger partial charge is 0.454 e. The van der Waals surface area contributed by atoms with Gasteiger partial charge in [-0.05, 0) is 35.9 Å². The molecule has 2 aliphatic rings. The fourth-order valence-electron chi connectivity index (χ4n) is 4.39. The van der Waals surface area contributed by atoms with Gasteiger partial charge in [0, 0.05) is 62.6 Å². The van der Waals surface area contributed by atoms with Gasteiger partial charge >= 0.3 is 11.8 Å². The molecule has 1 atom stereocenters. The van der Waals surface area contributed by atoms with E-state index < -0.39 is 11.8 Å². The highest BCUT2D eigenvalue weighted by Crippen LogP contribution is 2.34. The molecule has 2 N–H and O–H groups in total. The van der Waals surface area contributed by atoms with Crippen molar-refractivity contribution in [1.29, 1.82) is 0 Å². The summed E-state index contributed by atoms with van der Waals surface area (Å²) in [4.78, 5) is 34.1. The zero-order valence-corrected chi connectivity index (χ0v) is 19.2. The summed E-state index contributed by atoms with van der Waals surface area (Å²) in [7, 11) is 0. The van der Waals surface area contributed by atoms with Crippen LogP contribution in [0.25, 0.3) is 0 Å². The number of para-hydroxylation sites is 1. The van der Waals surface area contributed by atoms with E-state index in [-0.39, 0.29) is 12.8 Å². The highest BCUT2D eigenvalue weighted by Gasteiger charge is 2.27. The van der Waals surface area contributed by atoms with Gasteiger partial charge in [0.15, 0.2) is 11.5 Å². The lowest BCUT2D eigenvalue weighted by atomic mass is 10.1. The Bertz CT molecular complexity index is 1170. The lowest BCUT2D eigenvalue weighted by Gasteiger charge is -2.40. The molecule has 2 aliphatic heterocycles. The molecule has 1 saturated heterocycles. The topological polar surface area (TPSA) is 96.0 Å². The van der Waals surface area contributed by atoms with Crippen molar-refractivity contribution >= 4 is 23.2 Å². The van der Waals surface area contributed by atoms with Crippen LogP contribution in [-0.4, -0.2) is 61.2 Å². The smallest absolute Gasteiger partial charge is 0.313 e. The van der Waals surface area contributed by atoms with Crippen molar-refractivity contribution in [2.45, 2.75) is 6.04 Å². The van der Waals surface area contributed by atoms with Crippen molar-refractivity contribution in [3.63, 3.8) is 0 Å². The van der Waals surface area contributed by atoms with E-state index in [1.54, 1.807) is 24.4 Å². The minimum absolute atomic E-state index is 0.0936. The normalized spacial score (nSPS) is 15.9. The zero-order chi connectivity index (χ0) is 24.0. The van der Waals surface area contributed by atoms with Crippen molar-refractivity contribution in [3.8, 4) is 11.5 Å². The van der Waals surface area contributed by atoms with Crippen LogP contribution >= 0.6 is 0 Å². The lowest BCUT2D eigenvalue weighted by Crippen LogP contribution is -2.50. The maximum atomic E-state index is 12.6. The molecule has 9 nitrogen and oxygen atoms in total. The number of rotatable bonds is 6. The fraction of sp³-hybridized carbons (Fsp3) is 0.269. The van der Waals surface area contributed by atoms with E-state index >= 15 is 0 Å². The van der Waals surface area contributed by atoms with Gasteiger partial charge in [0.25, 0.3) is 0 Å². The van der Waals surface area contributed by atoms with Crippen molar-refractivity contribution in [2.75, 3.05) is 49.7 Å². The number of hydrogen-bond donors (Lipinski definition) is 2. The number of nitrogens with one attached hydrogen (secondary N) is 2. The van der Waals surface area contributed by atoms with Gasteiger partial charge in [0.1, 0.15) is 0 Å². The number of anilines is 2. The lowest BCUT2D eigenvalue weighted by molar-refractivity contribution is -0.136. The third-order valence-electron chi connectivity index (χ3n) is 6.24. The monoisotopic (exact) mass is 473 g/mol. The first kappa shape index (κ1) is 22.7. The molecule has 1 fully saturated rings. The van der Waals surface area contributed by atoms with Gasteiger partial charge < -0.3 is 25.0 Å². The Balaban J connectivity index is 1.20. The molecule has 0 bridgehead atoms. The van der Waals surface area contributed by atoms with E-state index in [9.17, 15) is 9.59 Å². The van der Waals surface area contributed by atoms with Crippen LogP contribution in [0.2, 0.25) is 0 Å². The van der Waals surface area contributed by atoms with Crippen LogP contribution in [-0.2, 0) is 9.59 Å². The second-order valence-corrected chi connectivity index (χ2v) is 8.39. The first-order valence-corrected chi connectivity index (χ1v) is 11.6. The molecule has 3 heterocycles. The Labute approximate surface area is 203 Å². The number of ether oxygens (including phenoxy) is 2. The van der Waals surface area contributed by atoms with Crippen LogP contribution in [0.5, 0.6) is 11.5 Å². The molecule has 1 aromatic heterocycles. The van der Waals surface area contributed by atoms with E-state index in [2.05, 4.69) is 37.6 Å². The summed E-state index contributed by atoms with van der Waals surface area (Å²) in [6, 6.07) is 19.1. The maximum absolute atomic E-state index is 12.6. The Morgan fingerprint density at radius 2 is 1.71 bits per heavy atom. The van der Waals surface area contributed by atoms with Crippen LogP contribution in [0.15, 0.2) is 73.1 Å². The van der Waals surface area contributed by atoms with Crippen molar-refractivity contribution in [2.24, 2.45) is 0 Å². The molecule has 0 radical (unpaired) electrons. The number of carbonyl (C=O) groups is 2. The predicted molar refractivity (Wildman–Crippen MR) is 131 cm³/mol. The minimum atomic E-state index is -0.734. The molecular weight excluding hydrogens is 446 g/mol. The quantitative estimate of drug-likeness (QED) is 0.531. The molecule has 2 amide bonds. The van der Waals surface area contributed by atoms with Gasteiger partial charge in [-0.3, -0.25) is 19.5 Å². The molecule has 0 unspecified atom stereocenters. The summed E-state index contributed by atoms with van der Waals surface area (Å²) in [6.45, 7) is 3.84. The summed E-state index contributed by atoms with van der Waals surface area (Å²) >= 11 is 0. The van der Waals surface area contributed by atoms with E-state index in [4.69, 9.17) is 9.47 Å². The summed E-state index contributed by atoms with van der Waals surface area (Å²) in [5, 5.41) is 5.42. The van der Waals surface area contributed by atoms with E-state index in [0.717, 1.165) is 31.7 Å². The molecule has 5 rings (SSSR count). The van der Waals surface area contributed by atoms with Gasteiger partial charge in [-0.1, -0.05) is 24.3 Å². The second-order valence-electron chi connectivity index (χ2n) is 8.39. The number of amides is 2. The third kappa shape index (κ3) is 5.36. The van der Waals surface area contributed by atoms with Crippen LogP contribution in [0.3, 0.4) is 0 Å². The number of carbonyl (C=O) groups excluding carboxylic acids is 2. The summed E-state index contributed by atoms with van der Waals surface area (Å²) in [5.41, 5.74) is 2.67. The van der Waals surface area contributed by atoms with Gasteiger partial charge in [0.2, 0.25) is 6.79 Å². The van der Waals surface area contributed by atoms with Crippen LogP contribution in [0, 0.1) is 0 Å². The van der Waals surface area contributed by atoms with Crippen molar-refractivity contribution in [1.82, 2.24) is 15.2 Å². The molecule has 2 aromatic carbocycles. The first-order valence-electron chi connectivity index (χ1n) is 11.6. The molecule has 9 heteroatoms. The van der Waals surface area contributed by atoms with Gasteiger partial charge in [0.05, 0.1) is 6.04 Å². The molecule has 0 spiro atoms. The van der Waals surface area contributed by atoms with Crippen LogP contribution < -0.4 is 25.0 Å². The van der Waals surface area contributed by atoms with Crippen LogP contribution in [0.1, 0.15) is 11.6 Å². The SMILES string of the molecule is O=C(NC[C@H](c1cccnc1)N1CCN(c2ccccc2)CC1)C(=O)Nc1ccc2c(c1)OCO2. The third-order valence-corrected chi connectivity index (χ3v) is 6.24. The average Bonchev–Trinajstić information content (AvgIpc) is 3.38. The number of fused-ring (bicyclic) bond motifs is 1.